The standard InChI is InChI=1S/C10H16F3N3O3S/c1-3-16-5-9(14-7(16)2)20(18,19)15-8(6-17)4-10(11,12)13/h5,8,15,17H,3-4,6H2,1-2H3. The van der Waals surface area contributed by atoms with Crippen molar-refractivity contribution < 1.29 is 26.7 Å². The van der Waals surface area contributed by atoms with Crippen LogP contribution in [0, 0.1) is 6.92 Å². The molecule has 0 aliphatic heterocycles. The number of sulfonamides is 1. The van der Waals surface area contributed by atoms with Gasteiger partial charge in [0.25, 0.3) is 10.0 Å². The summed E-state index contributed by atoms with van der Waals surface area (Å²) in [6.45, 7) is 2.90. The van der Waals surface area contributed by atoms with Crippen LogP contribution in [-0.4, -0.2) is 41.9 Å². The zero-order chi connectivity index (χ0) is 15.6. The van der Waals surface area contributed by atoms with E-state index in [0.717, 1.165) is 0 Å². The van der Waals surface area contributed by atoms with Crippen LogP contribution in [0.1, 0.15) is 19.2 Å². The third-order valence-electron chi connectivity index (χ3n) is 2.59. The molecule has 10 heteroatoms. The van der Waals surface area contributed by atoms with Gasteiger partial charge >= 0.3 is 6.18 Å². The molecule has 0 bridgehead atoms. The first kappa shape index (κ1) is 16.9. The van der Waals surface area contributed by atoms with Gasteiger partial charge in [0.05, 0.1) is 19.1 Å². The Morgan fingerprint density at radius 3 is 2.50 bits per heavy atom. The number of aliphatic hydroxyl groups is 1. The van der Waals surface area contributed by atoms with Crippen molar-refractivity contribution in [2.45, 2.75) is 44.1 Å². The first-order valence-electron chi connectivity index (χ1n) is 5.82. The molecule has 0 fully saturated rings. The molecule has 0 aromatic carbocycles. The molecular weight excluding hydrogens is 299 g/mol. The number of imidazole rings is 1. The molecule has 1 aromatic heterocycles. The maximum Gasteiger partial charge on any atom is 0.390 e. The lowest BCUT2D eigenvalue weighted by atomic mass is 10.2. The number of nitrogens with one attached hydrogen (secondary N) is 1. The molecule has 2 N–H and O–H groups in total. The molecule has 1 heterocycles. The van der Waals surface area contributed by atoms with Crippen LogP contribution in [0.3, 0.4) is 0 Å². The van der Waals surface area contributed by atoms with Gasteiger partial charge in [0.15, 0.2) is 5.03 Å². The average Bonchev–Trinajstić information content (AvgIpc) is 2.68. The molecule has 1 rings (SSSR count). The minimum atomic E-state index is -4.57. The van der Waals surface area contributed by atoms with Gasteiger partial charge in [0.2, 0.25) is 0 Å². The van der Waals surface area contributed by atoms with Gasteiger partial charge in [-0.3, -0.25) is 0 Å². The summed E-state index contributed by atoms with van der Waals surface area (Å²) in [4.78, 5) is 3.79. The van der Waals surface area contributed by atoms with Crippen molar-refractivity contribution in [2.24, 2.45) is 0 Å². The summed E-state index contributed by atoms with van der Waals surface area (Å²) in [5.41, 5.74) is 0. The molecule has 1 aromatic rings. The molecular formula is C10H16F3N3O3S. The molecule has 0 aliphatic rings. The van der Waals surface area contributed by atoms with Crippen molar-refractivity contribution in [3.8, 4) is 0 Å². The molecule has 1 unspecified atom stereocenters. The Morgan fingerprint density at radius 2 is 2.10 bits per heavy atom. The van der Waals surface area contributed by atoms with E-state index in [1.807, 2.05) is 0 Å². The summed E-state index contributed by atoms with van der Waals surface area (Å²) < 4.78 is 63.8. The zero-order valence-corrected chi connectivity index (χ0v) is 11.8. The summed E-state index contributed by atoms with van der Waals surface area (Å²) >= 11 is 0. The van der Waals surface area contributed by atoms with E-state index >= 15 is 0 Å². The van der Waals surface area contributed by atoms with E-state index in [-0.39, 0.29) is 5.03 Å². The molecule has 0 radical (unpaired) electrons. The number of hydrogen-bond acceptors (Lipinski definition) is 4. The van der Waals surface area contributed by atoms with E-state index < -0.39 is 35.3 Å². The average molecular weight is 315 g/mol. The van der Waals surface area contributed by atoms with Crippen LogP contribution in [0.2, 0.25) is 0 Å². The molecule has 0 saturated heterocycles. The minimum absolute atomic E-state index is 0.363. The minimum Gasteiger partial charge on any atom is -0.395 e. The third-order valence-corrected chi connectivity index (χ3v) is 3.98. The quantitative estimate of drug-likeness (QED) is 0.813. The smallest absolute Gasteiger partial charge is 0.390 e. The van der Waals surface area contributed by atoms with E-state index in [1.165, 1.54) is 6.20 Å². The Hall–Kier alpha value is -1.13. The third kappa shape index (κ3) is 4.46. The summed E-state index contributed by atoms with van der Waals surface area (Å²) in [7, 11) is -4.20. The first-order chi connectivity index (χ1) is 9.09. The van der Waals surface area contributed by atoms with Crippen molar-refractivity contribution in [2.75, 3.05) is 6.61 Å². The lowest BCUT2D eigenvalue weighted by molar-refractivity contribution is -0.140. The van der Waals surface area contributed by atoms with Crippen molar-refractivity contribution in [1.29, 1.82) is 0 Å². The molecule has 6 nitrogen and oxygen atoms in total. The Morgan fingerprint density at radius 1 is 1.50 bits per heavy atom. The Balaban J connectivity index is 2.92. The number of aryl methyl sites for hydroxylation is 2. The second kappa shape index (κ2) is 6.10. The fourth-order valence-electron chi connectivity index (χ4n) is 1.63. The predicted octanol–water partition coefficient (Wildman–Crippen LogP) is 0.803. The van der Waals surface area contributed by atoms with Crippen LogP contribution in [-0.2, 0) is 16.6 Å². The summed E-state index contributed by atoms with van der Waals surface area (Å²) in [5, 5.41) is 8.49. The van der Waals surface area contributed by atoms with Gasteiger partial charge < -0.3 is 9.67 Å². The number of aliphatic hydroxyl groups excluding tert-OH is 1. The second-order valence-corrected chi connectivity index (χ2v) is 5.89. The zero-order valence-electron chi connectivity index (χ0n) is 11.0. The largest absolute Gasteiger partial charge is 0.395 e. The van der Waals surface area contributed by atoms with Crippen LogP contribution in [0.5, 0.6) is 0 Å². The number of alkyl halides is 3. The first-order valence-corrected chi connectivity index (χ1v) is 7.31. The van der Waals surface area contributed by atoms with Crippen molar-refractivity contribution >= 4 is 10.0 Å². The van der Waals surface area contributed by atoms with Crippen molar-refractivity contribution in [3.05, 3.63) is 12.0 Å². The highest BCUT2D eigenvalue weighted by molar-refractivity contribution is 7.89. The van der Waals surface area contributed by atoms with Crippen LogP contribution < -0.4 is 4.72 Å². The fraction of sp³-hybridized carbons (Fsp3) is 0.700. The number of hydrogen-bond donors (Lipinski definition) is 2. The van der Waals surface area contributed by atoms with Crippen LogP contribution in [0.25, 0.3) is 0 Å². The Kier molecular flexibility index (Phi) is 5.16. The van der Waals surface area contributed by atoms with Gasteiger partial charge in [-0.25, -0.2) is 18.1 Å². The van der Waals surface area contributed by atoms with E-state index in [1.54, 1.807) is 23.1 Å². The maximum absolute atomic E-state index is 12.2. The maximum atomic E-state index is 12.2. The summed E-state index contributed by atoms with van der Waals surface area (Å²) in [5.74, 6) is 0.434. The number of nitrogens with zero attached hydrogens (tertiary/aromatic N) is 2. The SMILES string of the molecule is CCn1cc(S(=O)(=O)NC(CO)CC(F)(F)F)nc1C. The number of halogens is 3. The van der Waals surface area contributed by atoms with Gasteiger partial charge in [-0.1, -0.05) is 0 Å². The lowest BCUT2D eigenvalue weighted by Gasteiger charge is -2.17. The lowest BCUT2D eigenvalue weighted by Crippen LogP contribution is -2.40. The van der Waals surface area contributed by atoms with E-state index in [2.05, 4.69) is 4.98 Å². The fourth-order valence-corrected chi connectivity index (χ4v) is 2.87. The van der Waals surface area contributed by atoms with Crippen LogP contribution >= 0.6 is 0 Å². The van der Waals surface area contributed by atoms with Crippen LogP contribution in [0.15, 0.2) is 11.2 Å². The number of rotatable bonds is 6. The highest BCUT2D eigenvalue weighted by Gasteiger charge is 2.34. The molecule has 20 heavy (non-hydrogen) atoms. The number of aromatic nitrogens is 2. The van der Waals surface area contributed by atoms with Gasteiger partial charge in [0.1, 0.15) is 5.82 Å². The van der Waals surface area contributed by atoms with Gasteiger partial charge in [0, 0.05) is 12.7 Å². The Labute approximate surface area is 114 Å². The highest BCUT2D eigenvalue weighted by Crippen LogP contribution is 2.22. The molecule has 0 saturated carbocycles. The molecule has 0 spiro atoms. The van der Waals surface area contributed by atoms with Gasteiger partial charge in [-0.2, -0.15) is 13.2 Å². The molecule has 0 amide bonds. The molecule has 1 atom stereocenters. The highest BCUT2D eigenvalue weighted by atomic mass is 32.2. The summed E-state index contributed by atoms with van der Waals surface area (Å²) in [6, 6.07) is -1.63. The second-order valence-electron chi connectivity index (χ2n) is 4.23. The monoisotopic (exact) mass is 315 g/mol. The van der Waals surface area contributed by atoms with Crippen LogP contribution in [0.4, 0.5) is 13.2 Å². The van der Waals surface area contributed by atoms with E-state index in [4.69, 9.17) is 5.11 Å². The van der Waals surface area contributed by atoms with Crippen molar-refractivity contribution in [1.82, 2.24) is 14.3 Å². The van der Waals surface area contributed by atoms with Gasteiger partial charge in [-0.15, -0.1) is 0 Å². The van der Waals surface area contributed by atoms with Gasteiger partial charge in [-0.05, 0) is 13.8 Å². The molecule has 116 valence electrons. The van der Waals surface area contributed by atoms with Crippen molar-refractivity contribution in [3.63, 3.8) is 0 Å². The normalized spacial score (nSPS) is 14.5. The van der Waals surface area contributed by atoms with E-state index in [0.29, 0.717) is 12.4 Å². The Bertz CT molecular complexity index is 554. The molecule has 0 aliphatic carbocycles. The predicted molar refractivity (Wildman–Crippen MR) is 64.5 cm³/mol. The summed E-state index contributed by atoms with van der Waals surface area (Å²) in [6.07, 6.45) is -4.79. The topological polar surface area (TPSA) is 84.2 Å². The van der Waals surface area contributed by atoms with E-state index in [9.17, 15) is 21.6 Å².